The molecule has 0 radical (unpaired) electrons. The highest BCUT2D eigenvalue weighted by molar-refractivity contribution is 6.03. The summed E-state index contributed by atoms with van der Waals surface area (Å²) >= 11 is 0. The molecule has 3 aromatic rings. The predicted octanol–water partition coefficient (Wildman–Crippen LogP) is 3.59. The molecule has 7 heteroatoms. The number of amides is 1. The molecule has 0 aliphatic heterocycles. The number of rotatable bonds is 5. The first kappa shape index (κ1) is 18.9. The van der Waals surface area contributed by atoms with Gasteiger partial charge in [-0.2, -0.15) is 5.26 Å². The maximum absolute atomic E-state index is 12.2. The summed E-state index contributed by atoms with van der Waals surface area (Å²) in [6, 6.07) is 16.1. The van der Waals surface area contributed by atoms with Crippen molar-refractivity contribution in [2.75, 3.05) is 14.1 Å². The number of aromatic nitrogens is 1. The first-order chi connectivity index (χ1) is 13.4. The Kier molecular flexibility index (Phi) is 5.23. The van der Waals surface area contributed by atoms with E-state index in [0.717, 1.165) is 22.0 Å². The van der Waals surface area contributed by atoms with Gasteiger partial charge in [0.1, 0.15) is 11.6 Å². The van der Waals surface area contributed by atoms with Gasteiger partial charge < -0.3 is 9.47 Å². The first-order valence-electron chi connectivity index (χ1n) is 8.55. The van der Waals surface area contributed by atoms with Crippen LogP contribution in [0.2, 0.25) is 0 Å². The molecule has 0 atom stereocenters. The fraction of sp³-hybridized carbons (Fsp3) is 0.143. The molecule has 0 aliphatic rings. The van der Waals surface area contributed by atoms with Crippen LogP contribution in [0.15, 0.2) is 60.3 Å². The quantitative estimate of drug-likeness (QED) is 0.295. The molecule has 0 bridgehead atoms. The molecule has 28 heavy (non-hydrogen) atoms. The molecule has 0 saturated heterocycles. The Labute approximate surface area is 161 Å². The van der Waals surface area contributed by atoms with Crippen LogP contribution in [0.25, 0.3) is 17.0 Å². The number of likely N-dealkylation sites (N-methyl/N-ethyl adjacent to an activating group) is 1. The zero-order chi connectivity index (χ0) is 20.3. The van der Waals surface area contributed by atoms with Crippen molar-refractivity contribution in [3.05, 3.63) is 81.5 Å². The highest BCUT2D eigenvalue weighted by atomic mass is 16.6. The van der Waals surface area contributed by atoms with E-state index < -0.39 is 4.92 Å². The minimum atomic E-state index is -0.419. The molecule has 1 amide bonds. The van der Waals surface area contributed by atoms with Crippen molar-refractivity contribution in [3.8, 4) is 6.07 Å². The Balaban J connectivity index is 2.07. The first-order valence-corrected chi connectivity index (χ1v) is 8.55. The molecule has 1 heterocycles. The summed E-state index contributed by atoms with van der Waals surface area (Å²) in [6.45, 7) is 0.430. The van der Waals surface area contributed by atoms with E-state index in [2.05, 4.69) is 0 Å². The Morgan fingerprint density at radius 3 is 2.68 bits per heavy atom. The monoisotopic (exact) mass is 374 g/mol. The van der Waals surface area contributed by atoms with Crippen molar-refractivity contribution in [2.45, 2.75) is 6.54 Å². The van der Waals surface area contributed by atoms with Crippen molar-refractivity contribution in [1.82, 2.24) is 9.47 Å². The minimum Gasteiger partial charge on any atom is -0.344 e. The smallest absolute Gasteiger partial charge is 0.269 e. The minimum absolute atomic E-state index is 0.0393. The average molecular weight is 374 g/mol. The van der Waals surface area contributed by atoms with Gasteiger partial charge in [0, 0.05) is 55.4 Å². The standard InChI is InChI=1S/C21H18N4O3/c1-23(2)21(26)16(12-22)11-17-14-24(20-9-4-3-8-19(17)20)13-15-6-5-7-18(10-15)25(27)28/h3-11,14H,13H2,1-2H3/b16-11-. The van der Waals surface area contributed by atoms with Gasteiger partial charge in [0.05, 0.1) is 4.92 Å². The van der Waals surface area contributed by atoms with E-state index in [4.69, 9.17) is 0 Å². The van der Waals surface area contributed by atoms with Crippen LogP contribution < -0.4 is 0 Å². The number of nitro groups is 1. The largest absolute Gasteiger partial charge is 0.344 e. The number of non-ortho nitro benzene ring substituents is 1. The van der Waals surface area contributed by atoms with Gasteiger partial charge in [-0.1, -0.05) is 30.3 Å². The Morgan fingerprint density at radius 2 is 2.00 bits per heavy atom. The molecular formula is C21H18N4O3. The molecule has 0 spiro atoms. The third-order valence-electron chi connectivity index (χ3n) is 4.35. The molecule has 7 nitrogen and oxygen atoms in total. The van der Waals surface area contributed by atoms with Crippen LogP contribution in [-0.2, 0) is 11.3 Å². The van der Waals surface area contributed by atoms with Gasteiger partial charge in [0.2, 0.25) is 0 Å². The Bertz CT molecular complexity index is 1140. The van der Waals surface area contributed by atoms with Gasteiger partial charge in [0.25, 0.3) is 11.6 Å². The number of fused-ring (bicyclic) bond motifs is 1. The maximum Gasteiger partial charge on any atom is 0.269 e. The number of carbonyl (C=O) groups is 1. The van der Waals surface area contributed by atoms with Gasteiger partial charge in [0.15, 0.2) is 0 Å². The Hall–Kier alpha value is -3.92. The van der Waals surface area contributed by atoms with E-state index in [1.807, 2.05) is 47.2 Å². The Morgan fingerprint density at radius 1 is 1.25 bits per heavy atom. The summed E-state index contributed by atoms with van der Waals surface area (Å²) in [5, 5.41) is 21.3. The van der Waals surface area contributed by atoms with Crippen molar-refractivity contribution in [3.63, 3.8) is 0 Å². The van der Waals surface area contributed by atoms with Gasteiger partial charge in [-0.15, -0.1) is 0 Å². The number of hydrogen-bond acceptors (Lipinski definition) is 4. The SMILES string of the molecule is CN(C)C(=O)/C(C#N)=C\c1cn(Cc2cccc([N+](=O)[O-])c2)c2ccccc12. The summed E-state index contributed by atoms with van der Waals surface area (Å²) in [5.74, 6) is -0.363. The lowest BCUT2D eigenvalue weighted by Crippen LogP contribution is -2.22. The van der Waals surface area contributed by atoms with Crippen LogP contribution in [-0.4, -0.2) is 34.4 Å². The molecule has 0 N–H and O–H groups in total. The fourth-order valence-corrected chi connectivity index (χ4v) is 3.02. The van der Waals surface area contributed by atoms with Crippen LogP contribution in [0.1, 0.15) is 11.1 Å². The maximum atomic E-state index is 12.2. The van der Waals surface area contributed by atoms with Crippen LogP contribution in [0.3, 0.4) is 0 Å². The second-order valence-electron chi connectivity index (χ2n) is 6.53. The molecule has 0 fully saturated rings. The van der Waals surface area contributed by atoms with Gasteiger partial charge in [-0.3, -0.25) is 14.9 Å². The van der Waals surface area contributed by atoms with Crippen molar-refractivity contribution < 1.29 is 9.72 Å². The summed E-state index contributed by atoms with van der Waals surface area (Å²) in [4.78, 5) is 24.1. The highest BCUT2D eigenvalue weighted by Crippen LogP contribution is 2.25. The van der Waals surface area contributed by atoms with Crippen LogP contribution in [0.4, 0.5) is 5.69 Å². The van der Waals surface area contributed by atoms with Crippen LogP contribution >= 0.6 is 0 Å². The number of benzene rings is 2. The summed E-state index contributed by atoms with van der Waals surface area (Å²) < 4.78 is 1.95. The van der Waals surface area contributed by atoms with Gasteiger partial charge >= 0.3 is 0 Å². The number of nitro benzene ring substituents is 1. The lowest BCUT2D eigenvalue weighted by Gasteiger charge is -2.08. The molecule has 3 rings (SSSR count). The summed E-state index contributed by atoms with van der Waals surface area (Å²) in [7, 11) is 3.19. The molecule has 0 unspecified atom stereocenters. The zero-order valence-electron chi connectivity index (χ0n) is 15.5. The number of para-hydroxylation sites is 1. The number of nitriles is 1. The second kappa shape index (κ2) is 7.76. The molecule has 1 aromatic heterocycles. The van der Waals surface area contributed by atoms with E-state index in [9.17, 15) is 20.2 Å². The van der Waals surface area contributed by atoms with Gasteiger partial charge in [-0.25, -0.2) is 0 Å². The topological polar surface area (TPSA) is 92.2 Å². The highest BCUT2D eigenvalue weighted by Gasteiger charge is 2.14. The fourth-order valence-electron chi connectivity index (χ4n) is 3.02. The van der Waals surface area contributed by atoms with Crippen molar-refractivity contribution >= 4 is 28.6 Å². The molecule has 2 aromatic carbocycles. The number of carbonyl (C=O) groups excluding carboxylic acids is 1. The second-order valence-corrected chi connectivity index (χ2v) is 6.53. The lowest BCUT2D eigenvalue weighted by atomic mass is 10.1. The lowest BCUT2D eigenvalue weighted by molar-refractivity contribution is -0.384. The molecule has 0 saturated carbocycles. The van der Waals surface area contributed by atoms with Crippen molar-refractivity contribution in [1.29, 1.82) is 5.26 Å². The van der Waals surface area contributed by atoms with Crippen LogP contribution in [0, 0.1) is 21.4 Å². The van der Waals surface area contributed by atoms with Crippen LogP contribution in [0.5, 0.6) is 0 Å². The molecule has 140 valence electrons. The van der Waals surface area contributed by atoms with Crippen molar-refractivity contribution in [2.24, 2.45) is 0 Å². The van der Waals surface area contributed by atoms with Gasteiger partial charge in [-0.05, 0) is 17.7 Å². The normalized spacial score (nSPS) is 11.2. The third-order valence-corrected chi connectivity index (χ3v) is 4.35. The molecule has 0 aliphatic carbocycles. The zero-order valence-corrected chi connectivity index (χ0v) is 15.5. The average Bonchev–Trinajstić information content (AvgIpc) is 3.03. The predicted molar refractivity (Wildman–Crippen MR) is 106 cm³/mol. The molecular weight excluding hydrogens is 356 g/mol. The summed E-state index contributed by atoms with van der Waals surface area (Å²) in [5.41, 5.74) is 2.53. The van der Waals surface area contributed by atoms with E-state index in [0.29, 0.717) is 6.54 Å². The number of nitrogens with zero attached hydrogens (tertiary/aromatic N) is 4. The number of hydrogen-bond donors (Lipinski definition) is 0. The van der Waals surface area contributed by atoms with E-state index >= 15 is 0 Å². The summed E-state index contributed by atoms with van der Waals surface area (Å²) in [6.07, 6.45) is 3.43. The van der Waals surface area contributed by atoms with E-state index in [1.165, 1.54) is 11.0 Å². The van der Waals surface area contributed by atoms with E-state index in [1.54, 1.807) is 32.3 Å². The third kappa shape index (κ3) is 3.76. The van der Waals surface area contributed by atoms with E-state index in [-0.39, 0.29) is 17.2 Å².